The van der Waals surface area contributed by atoms with E-state index in [2.05, 4.69) is 34.5 Å². The van der Waals surface area contributed by atoms with Gasteiger partial charge in [-0.3, -0.25) is 9.69 Å². The monoisotopic (exact) mass is 484 g/mol. The molecule has 7 nitrogen and oxygen atoms in total. The molecule has 1 N–H and O–H groups in total. The molecule has 3 amide bonds. The van der Waals surface area contributed by atoms with Crippen LogP contribution in [0.15, 0.2) is 84.9 Å². The van der Waals surface area contributed by atoms with Crippen molar-refractivity contribution >= 4 is 17.6 Å². The third-order valence-electron chi connectivity index (χ3n) is 6.90. The number of hydrogen-bond donors (Lipinski definition) is 1. The van der Waals surface area contributed by atoms with Gasteiger partial charge in [-0.05, 0) is 35.9 Å². The second-order valence-electron chi connectivity index (χ2n) is 9.52. The minimum atomic E-state index is -1.12. The van der Waals surface area contributed by atoms with Gasteiger partial charge < -0.3 is 15.0 Å². The van der Waals surface area contributed by atoms with Crippen LogP contribution < -0.4 is 10.2 Å². The molecule has 2 aliphatic heterocycles. The Kier molecular flexibility index (Phi) is 7.02. The van der Waals surface area contributed by atoms with Crippen LogP contribution in [0.1, 0.15) is 16.7 Å². The fourth-order valence-electron chi connectivity index (χ4n) is 5.03. The number of ether oxygens (including phenoxy) is 1. The zero-order valence-electron chi connectivity index (χ0n) is 20.6. The van der Waals surface area contributed by atoms with Gasteiger partial charge in [-0.1, -0.05) is 72.8 Å². The summed E-state index contributed by atoms with van der Waals surface area (Å²) in [5.41, 5.74) is 2.97. The van der Waals surface area contributed by atoms with Gasteiger partial charge in [0, 0.05) is 31.7 Å². The van der Waals surface area contributed by atoms with E-state index in [1.165, 1.54) is 10.6 Å². The smallest absolute Gasteiger partial charge is 0.326 e. The number of benzene rings is 3. The van der Waals surface area contributed by atoms with Crippen LogP contribution in [0.3, 0.4) is 0 Å². The highest BCUT2D eigenvalue weighted by Gasteiger charge is 2.52. The summed E-state index contributed by atoms with van der Waals surface area (Å²) in [5, 5.41) is 3.04. The van der Waals surface area contributed by atoms with E-state index in [1.807, 2.05) is 72.6 Å². The number of carbonyl (C=O) groups is 2. The molecule has 3 aromatic carbocycles. The van der Waals surface area contributed by atoms with Crippen LogP contribution in [0.4, 0.5) is 10.5 Å². The van der Waals surface area contributed by atoms with E-state index in [0.29, 0.717) is 13.0 Å². The normalized spacial score (nSPS) is 20.2. The molecule has 0 saturated carbocycles. The van der Waals surface area contributed by atoms with Gasteiger partial charge in [-0.2, -0.15) is 0 Å². The maximum absolute atomic E-state index is 13.9. The Balaban J connectivity index is 1.30. The third-order valence-corrected chi connectivity index (χ3v) is 6.90. The van der Waals surface area contributed by atoms with Crippen LogP contribution in [0.2, 0.25) is 0 Å². The molecule has 0 aliphatic carbocycles. The number of imide groups is 1. The Morgan fingerprint density at radius 2 is 1.50 bits per heavy atom. The summed E-state index contributed by atoms with van der Waals surface area (Å²) in [6.07, 6.45) is 0.394. The van der Waals surface area contributed by atoms with Crippen LogP contribution in [-0.4, -0.2) is 61.8 Å². The molecular formula is C29H32N4O3. The first-order valence-electron chi connectivity index (χ1n) is 12.4. The lowest BCUT2D eigenvalue weighted by molar-refractivity contribution is -0.133. The third kappa shape index (κ3) is 4.98. The molecule has 5 rings (SSSR count). The molecule has 2 fully saturated rings. The first-order valence-corrected chi connectivity index (χ1v) is 12.4. The molecule has 0 unspecified atom stereocenters. The lowest BCUT2D eigenvalue weighted by Gasteiger charge is -2.29. The van der Waals surface area contributed by atoms with Crippen molar-refractivity contribution in [3.8, 4) is 0 Å². The van der Waals surface area contributed by atoms with E-state index in [9.17, 15) is 9.59 Å². The summed E-state index contributed by atoms with van der Waals surface area (Å²) in [4.78, 5) is 32.6. The second-order valence-corrected chi connectivity index (χ2v) is 9.52. The average molecular weight is 485 g/mol. The van der Waals surface area contributed by atoms with Gasteiger partial charge >= 0.3 is 6.03 Å². The van der Waals surface area contributed by atoms with Gasteiger partial charge in [0.25, 0.3) is 5.91 Å². The molecule has 0 spiro atoms. The van der Waals surface area contributed by atoms with Crippen LogP contribution in [0.25, 0.3) is 0 Å². The first-order chi connectivity index (χ1) is 17.5. The highest BCUT2D eigenvalue weighted by Crippen LogP contribution is 2.33. The number of rotatable bonds is 8. The number of morpholine rings is 1. The molecule has 7 heteroatoms. The van der Waals surface area contributed by atoms with Crippen molar-refractivity contribution in [1.82, 2.24) is 15.1 Å². The van der Waals surface area contributed by atoms with Gasteiger partial charge in [0.05, 0.1) is 19.9 Å². The average Bonchev–Trinajstić information content (AvgIpc) is 3.15. The predicted molar refractivity (Wildman–Crippen MR) is 139 cm³/mol. The largest absolute Gasteiger partial charge is 0.378 e. The quantitative estimate of drug-likeness (QED) is 0.495. The summed E-state index contributed by atoms with van der Waals surface area (Å²) < 4.78 is 5.44. The van der Waals surface area contributed by atoms with Crippen molar-refractivity contribution in [3.05, 3.63) is 102 Å². The lowest BCUT2D eigenvalue weighted by atomic mass is 9.83. The maximum atomic E-state index is 13.9. The van der Waals surface area contributed by atoms with E-state index >= 15 is 0 Å². The molecule has 3 aromatic rings. The Labute approximate surface area is 212 Å². The minimum Gasteiger partial charge on any atom is -0.378 e. The lowest BCUT2D eigenvalue weighted by Crippen LogP contribution is -2.46. The highest BCUT2D eigenvalue weighted by molar-refractivity contribution is 6.07. The maximum Gasteiger partial charge on any atom is 0.326 e. The number of nitrogens with one attached hydrogen (secondary N) is 1. The summed E-state index contributed by atoms with van der Waals surface area (Å²) in [5.74, 6) is -0.225. The zero-order valence-corrected chi connectivity index (χ0v) is 20.6. The fraction of sp³-hybridized carbons (Fsp3) is 0.310. The SMILES string of the molecule is CN(Cc1ccc(N2CCOCC2)cc1)CN1C(=O)N[C@@](Cc2ccccc2)(c2ccccc2)C1=O. The Morgan fingerprint density at radius 3 is 2.17 bits per heavy atom. The molecule has 186 valence electrons. The summed E-state index contributed by atoms with van der Waals surface area (Å²) in [6, 6.07) is 27.4. The summed E-state index contributed by atoms with van der Waals surface area (Å²) in [7, 11) is 1.93. The van der Waals surface area contributed by atoms with Crippen molar-refractivity contribution < 1.29 is 14.3 Å². The molecule has 2 saturated heterocycles. The van der Waals surface area contributed by atoms with Gasteiger partial charge in [-0.15, -0.1) is 0 Å². The minimum absolute atomic E-state index is 0.208. The Bertz CT molecular complexity index is 1180. The van der Waals surface area contributed by atoms with Gasteiger partial charge in [0.1, 0.15) is 0 Å². The van der Waals surface area contributed by atoms with E-state index in [4.69, 9.17) is 4.74 Å². The van der Waals surface area contributed by atoms with Crippen molar-refractivity contribution in [2.75, 3.05) is 44.9 Å². The van der Waals surface area contributed by atoms with E-state index in [0.717, 1.165) is 43.0 Å². The number of amides is 3. The number of nitrogens with zero attached hydrogens (tertiary/aromatic N) is 3. The number of hydrogen-bond acceptors (Lipinski definition) is 5. The van der Waals surface area contributed by atoms with Crippen LogP contribution in [0.5, 0.6) is 0 Å². The number of urea groups is 1. The van der Waals surface area contributed by atoms with Crippen molar-refractivity contribution in [2.45, 2.75) is 18.5 Å². The van der Waals surface area contributed by atoms with Crippen molar-refractivity contribution in [2.24, 2.45) is 0 Å². The molecule has 36 heavy (non-hydrogen) atoms. The van der Waals surface area contributed by atoms with Crippen LogP contribution >= 0.6 is 0 Å². The first kappa shape index (κ1) is 24.0. The Morgan fingerprint density at radius 1 is 0.861 bits per heavy atom. The highest BCUT2D eigenvalue weighted by atomic mass is 16.5. The predicted octanol–water partition coefficient (Wildman–Crippen LogP) is 3.60. The van der Waals surface area contributed by atoms with E-state index in [-0.39, 0.29) is 18.6 Å². The van der Waals surface area contributed by atoms with Gasteiger partial charge in [0.15, 0.2) is 5.54 Å². The number of anilines is 1. The van der Waals surface area contributed by atoms with Crippen LogP contribution in [0, 0.1) is 0 Å². The van der Waals surface area contributed by atoms with Crippen molar-refractivity contribution in [1.29, 1.82) is 0 Å². The molecule has 0 aromatic heterocycles. The van der Waals surface area contributed by atoms with Gasteiger partial charge in [-0.25, -0.2) is 9.69 Å². The van der Waals surface area contributed by atoms with Crippen molar-refractivity contribution in [3.63, 3.8) is 0 Å². The summed E-state index contributed by atoms with van der Waals surface area (Å²) >= 11 is 0. The Hall–Kier alpha value is -3.68. The second kappa shape index (κ2) is 10.5. The molecule has 0 bridgehead atoms. The molecule has 1 atom stereocenters. The standard InChI is InChI=1S/C29H32N4O3/c1-31(21-24-12-14-26(15-13-24)32-16-18-36-19-17-32)22-33-27(34)29(30-28(33)35,25-10-6-3-7-11-25)20-23-8-4-2-5-9-23/h2-15H,16-22H2,1H3,(H,30,35)/t29-/m0/s1. The van der Waals surface area contributed by atoms with E-state index in [1.54, 1.807) is 0 Å². The van der Waals surface area contributed by atoms with E-state index < -0.39 is 5.54 Å². The zero-order chi connectivity index (χ0) is 25.0. The topological polar surface area (TPSA) is 65.1 Å². The fourth-order valence-corrected chi connectivity index (χ4v) is 5.03. The molecule has 2 heterocycles. The molecule has 0 radical (unpaired) electrons. The molecular weight excluding hydrogens is 452 g/mol. The van der Waals surface area contributed by atoms with Crippen LogP contribution in [-0.2, 0) is 28.0 Å². The van der Waals surface area contributed by atoms with Gasteiger partial charge in [0.2, 0.25) is 0 Å². The molecule has 2 aliphatic rings. The number of carbonyl (C=O) groups excluding carboxylic acids is 2. The summed E-state index contributed by atoms with van der Waals surface area (Å²) in [6.45, 7) is 4.14.